The van der Waals surface area contributed by atoms with Gasteiger partial charge in [0, 0.05) is 26.2 Å². The lowest BCUT2D eigenvalue weighted by Crippen LogP contribution is -2.46. The Morgan fingerprint density at radius 3 is 1.06 bits per heavy atom. The molecule has 0 spiro atoms. The van der Waals surface area contributed by atoms with Crippen LogP contribution >= 0.6 is 0 Å². The summed E-state index contributed by atoms with van der Waals surface area (Å²) in [4.78, 5) is 0. The molecule has 3 heteroatoms. The highest BCUT2D eigenvalue weighted by Gasteiger charge is 2.14. The molecule has 0 atom stereocenters. The molecule has 0 amide bonds. The maximum atomic E-state index is 4.86. The summed E-state index contributed by atoms with van der Waals surface area (Å²) in [5.74, 6) is 0. The SMILES string of the molecule is C1CCCN([N]N2CCCCCCC2)CCC1. The van der Waals surface area contributed by atoms with Crippen LogP contribution in [0.4, 0.5) is 0 Å². The summed E-state index contributed by atoms with van der Waals surface area (Å²) < 4.78 is 0. The fraction of sp³-hybridized carbons (Fsp3) is 1.00. The van der Waals surface area contributed by atoms with Crippen LogP contribution in [-0.4, -0.2) is 36.2 Å². The lowest BCUT2D eigenvalue weighted by molar-refractivity contribution is 0.00383. The Balaban J connectivity index is 1.72. The van der Waals surface area contributed by atoms with Gasteiger partial charge in [-0.1, -0.05) is 44.1 Å². The zero-order chi connectivity index (χ0) is 11.8. The molecule has 17 heavy (non-hydrogen) atoms. The first-order valence-electron chi connectivity index (χ1n) is 7.66. The second kappa shape index (κ2) is 8.06. The van der Waals surface area contributed by atoms with Crippen molar-refractivity contribution in [2.75, 3.05) is 26.2 Å². The lowest BCUT2D eigenvalue weighted by Gasteiger charge is -2.30. The minimum atomic E-state index is 1.18. The summed E-state index contributed by atoms with van der Waals surface area (Å²) in [7, 11) is 0. The molecule has 1 radical (unpaired) electrons. The second-order valence-electron chi connectivity index (χ2n) is 5.53. The molecule has 0 saturated carbocycles. The Bertz CT molecular complexity index is 160. The van der Waals surface area contributed by atoms with Crippen LogP contribution in [0.2, 0.25) is 0 Å². The van der Waals surface area contributed by atoms with E-state index in [9.17, 15) is 0 Å². The van der Waals surface area contributed by atoms with Crippen LogP contribution in [0, 0.1) is 0 Å². The predicted molar refractivity (Wildman–Crippen MR) is 71.5 cm³/mol. The van der Waals surface area contributed by atoms with Gasteiger partial charge in [0.2, 0.25) is 0 Å². The maximum absolute atomic E-state index is 4.86. The molecular formula is C14H28N3. The van der Waals surface area contributed by atoms with Crippen LogP contribution < -0.4 is 5.53 Å². The van der Waals surface area contributed by atoms with E-state index in [1.807, 2.05) is 0 Å². The van der Waals surface area contributed by atoms with Gasteiger partial charge >= 0.3 is 0 Å². The van der Waals surface area contributed by atoms with Gasteiger partial charge in [0.1, 0.15) is 0 Å². The van der Waals surface area contributed by atoms with Crippen molar-refractivity contribution in [3.05, 3.63) is 0 Å². The van der Waals surface area contributed by atoms with Gasteiger partial charge < -0.3 is 0 Å². The standard InChI is InChI=1S/C14H28N3/c1-3-7-11-16(12-8-4-1)15-17-13-9-5-2-6-10-14-17/h1-14H2. The summed E-state index contributed by atoms with van der Waals surface area (Å²) in [6, 6.07) is 0. The molecule has 2 aliphatic rings. The summed E-state index contributed by atoms with van der Waals surface area (Å²) >= 11 is 0. The van der Waals surface area contributed by atoms with Gasteiger partial charge in [-0.25, -0.2) is 10.0 Å². The Kier molecular flexibility index (Phi) is 6.32. The lowest BCUT2D eigenvalue weighted by atomic mass is 10.1. The fourth-order valence-electron chi connectivity index (χ4n) is 2.82. The van der Waals surface area contributed by atoms with Crippen molar-refractivity contribution in [2.45, 2.75) is 64.2 Å². The first-order chi connectivity index (χ1) is 8.45. The Hall–Kier alpha value is -0.120. The van der Waals surface area contributed by atoms with Crippen LogP contribution in [-0.2, 0) is 0 Å². The van der Waals surface area contributed by atoms with Crippen molar-refractivity contribution in [1.29, 1.82) is 0 Å². The molecule has 0 aromatic carbocycles. The molecule has 0 aromatic heterocycles. The minimum absolute atomic E-state index is 1.18. The van der Waals surface area contributed by atoms with E-state index in [1.54, 1.807) is 0 Å². The van der Waals surface area contributed by atoms with Crippen molar-refractivity contribution in [3.8, 4) is 0 Å². The van der Waals surface area contributed by atoms with Gasteiger partial charge in [0.15, 0.2) is 0 Å². The van der Waals surface area contributed by atoms with Crippen molar-refractivity contribution < 1.29 is 0 Å². The van der Waals surface area contributed by atoms with Gasteiger partial charge in [-0.15, -0.1) is 0 Å². The van der Waals surface area contributed by atoms with Crippen LogP contribution in [0.15, 0.2) is 0 Å². The van der Waals surface area contributed by atoms with Crippen LogP contribution in [0.1, 0.15) is 64.2 Å². The number of nitrogens with zero attached hydrogens (tertiary/aromatic N) is 3. The molecule has 2 saturated heterocycles. The Labute approximate surface area is 106 Å². The quantitative estimate of drug-likeness (QED) is 0.737. The zero-order valence-corrected chi connectivity index (χ0v) is 11.2. The number of hydrogen-bond donors (Lipinski definition) is 0. The first-order valence-corrected chi connectivity index (χ1v) is 7.66. The molecule has 2 rings (SSSR count). The topological polar surface area (TPSA) is 20.6 Å². The van der Waals surface area contributed by atoms with Crippen molar-refractivity contribution in [2.24, 2.45) is 0 Å². The van der Waals surface area contributed by atoms with E-state index in [4.69, 9.17) is 5.53 Å². The molecular weight excluding hydrogens is 210 g/mol. The summed E-state index contributed by atoms with van der Waals surface area (Å²) in [5.41, 5.74) is 4.86. The van der Waals surface area contributed by atoms with Gasteiger partial charge in [-0.3, -0.25) is 0 Å². The molecule has 0 aliphatic carbocycles. The Morgan fingerprint density at radius 2 is 0.706 bits per heavy atom. The summed E-state index contributed by atoms with van der Waals surface area (Å²) in [6.07, 6.45) is 13.8. The number of rotatable bonds is 2. The van der Waals surface area contributed by atoms with Crippen molar-refractivity contribution in [3.63, 3.8) is 0 Å². The smallest absolute Gasteiger partial charge is 0.0161 e. The highest BCUT2D eigenvalue weighted by atomic mass is 15.7. The third-order valence-electron chi connectivity index (χ3n) is 3.92. The van der Waals surface area contributed by atoms with E-state index >= 15 is 0 Å². The zero-order valence-electron chi connectivity index (χ0n) is 11.2. The maximum Gasteiger partial charge on any atom is 0.0161 e. The van der Waals surface area contributed by atoms with E-state index < -0.39 is 0 Å². The van der Waals surface area contributed by atoms with Gasteiger partial charge in [0.25, 0.3) is 0 Å². The average molecular weight is 238 g/mol. The van der Waals surface area contributed by atoms with Gasteiger partial charge in [-0.2, -0.15) is 0 Å². The van der Waals surface area contributed by atoms with E-state index in [0.717, 1.165) is 0 Å². The Morgan fingerprint density at radius 1 is 0.412 bits per heavy atom. The summed E-state index contributed by atoms with van der Waals surface area (Å²) in [5, 5.41) is 4.67. The average Bonchev–Trinajstić information content (AvgIpc) is 2.24. The fourth-order valence-corrected chi connectivity index (χ4v) is 2.82. The van der Waals surface area contributed by atoms with Crippen LogP contribution in [0.3, 0.4) is 0 Å². The summed E-state index contributed by atoms with van der Waals surface area (Å²) in [6.45, 7) is 4.71. The van der Waals surface area contributed by atoms with Crippen molar-refractivity contribution in [1.82, 2.24) is 15.6 Å². The molecule has 0 aromatic rings. The first kappa shape index (κ1) is 13.3. The van der Waals surface area contributed by atoms with E-state index in [0.29, 0.717) is 0 Å². The molecule has 2 aliphatic heterocycles. The molecule has 0 unspecified atom stereocenters. The van der Waals surface area contributed by atoms with Crippen LogP contribution in [0.25, 0.3) is 0 Å². The van der Waals surface area contributed by atoms with Crippen molar-refractivity contribution >= 4 is 0 Å². The normalized spacial score (nSPS) is 26.8. The molecule has 0 N–H and O–H groups in total. The monoisotopic (exact) mass is 238 g/mol. The predicted octanol–water partition coefficient (Wildman–Crippen LogP) is 2.95. The number of hydrogen-bond acceptors (Lipinski definition) is 2. The molecule has 2 heterocycles. The molecule has 2 fully saturated rings. The highest BCUT2D eigenvalue weighted by Crippen LogP contribution is 2.12. The molecule has 99 valence electrons. The van der Waals surface area contributed by atoms with E-state index in [2.05, 4.69) is 10.0 Å². The third-order valence-corrected chi connectivity index (χ3v) is 3.92. The highest BCUT2D eigenvalue weighted by molar-refractivity contribution is 4.61. The molecule has 0 bridgehead atoms. The second-order valence-corrected chi connectivity index (χ2v) is 5.53. The third kappa shape index (κ3) is 5.36. The minimum Gasteiger partial charge on any atom is -0.211 e. The van der Waals surface area contributed by atoms with Gasteiger partial charge in [0.05, 0.1) is 0 Å². The molecule has 3 nitrogen and oxygen atoms in total. The van der Waals surface area contributed by atoms with Gasteiger partial charge in [-0.05, 0) is 25.7 Å². The largest absolute Gasteiger partial charge is 0.211 e. The van der Waals surface area contributed by atoms with E-state index in [-0.39, 0.29) is 0 Å². The van der Waals surface area contributed by atoms with Crippen LogP contribution in [0.5, 0.6) is 0 Å². The van der Waals surface area contributed by atoms with E-state index in [1.165, 1.54) is 90.4 Å².